The van der Waals surface area contributed by atoms with Crippen molar-refractivity contribution in [2.24, 2.45) is 0 Å². The van der Waals surface area contributed by atoms with E-state index in [-0.39, 0.29) is 11.9 Å². The normalized spacial score (nSPS) is 15.1. The van der Waals surface area contributed by atoms with Crippen LogP contribution in [-0.4, -0.2) is 44.0 Å². The lowest BCUT2D eigenvalue weighted by Gasteiger charge is -2.35. The predicted octanol–water partition coefficient (Wildman–Crippen LogP) is 3.63. The fourth-order valence-corrected chi connectivity index (χ4v) is 4.63. The molecule has 1 saturated heterocycles. The van der Waals surface area contributed by atoms with Gasteiger partial charge in [0.2, 0.25) is 11.9 Å². The first kappa shape index (κ1) is 22.1. The van der Waals surface area contributed by atoms with Gasteiger partial charge < -0.3 is 15.8 Å². The maximum atomic E-state index is 13.5. The molecule has 4 aromatic heterocycles. The number of aromatic nitrogens is 5. The molecule has 0 aliphatic carbocycles. The summed E-state index contributed by atoms with van der Waals surface area (Å²) in [6.45, 7) is 2.93. The van der Waals surface area contributed by atoms with Crippen LogP contribution in [0.1, 0.15) is 23.5 Å². The lowest BCUT2D eigenvalue weighted by atomic mass is 9.76. The van der Waals surface area contributed by atoms with Crippen molar-refractivity contribution in [2.75, 3.05) is 24.3 Å². The molecule has 0 atom stereocenters. The van der Waals surface area contributed by atoms with Crippen LogP contribution in [0.2, 0.25) is 0 Å². The van der Waals surface area contributed by atoms with Gasteiger partial charge in [-0.05, 0) is 38.0 Å². The van der Waals surface area contributed by atoms with E-state index < -0.39 is 5.41 Å². The van der Waals surface area contributed by atoms with Gasteiger partial charge in [0, 0.05) is 60.1 Å². The molecule has 0 spiro atoms. The molecule has 1 aliphatic heterocycles. The summed E-state index contributed by atoms with van der Waals surface area (Å²) in [7, 11) is 0. The molecule has 0 bridgehead atoms. The first-order valence-electron chi connectivity index (χ1n) is 10.9. The Hall–Kier alpha value is -3.76. The number of hydrogen-bond donors (Lipinski definition) is 2. The SMILES string of the molecule is Cc1nc(-c2ccc(NC(=O)C3(c4ccc(-c5cnc(N)nc5)cn4)CCOCC3)nc2)cs1. The van der Waals surface area contributed by atoms with Gasteiger partial charge in [-0.3, -0.25) is 9.78 Å². The number of thiazole rings is 1. The van der Waals surface area contributed by atoms with Gasteiger partial charge in [0.1, 0.15) is 5.82 Å². The molecule has 4 aromatic rings. The molecule has 0 saturated carbocycles. The Balaban J connectivity index is 1.38. The number of aryl methyl sites for hydroxylation is 1. The Labute approximate surface area is 200 Å². The smallest absolute Gasteiger partial charge is 0.237 e. The summed E-state index contributed by atoms with van der Waals surface area (Å²) in [5.74, 6) is 0.563. The molecular weight excluding hydrogens is 450 g/mol. The number of nitrogen functional groups attached to an aromatic ring is 1. The highest BCUT2D eigenvalue weighted by atomic mass is 32.1. The number of nitrogens with zero attached hydrogens (tertiary/aromatic N) is 5. The van der Waals surface area contributed by atoms with Crippen LogP contribution in [0.3, 0.4) is 0 Å². The Kier molecular flexibility index (Phi) is 5.99. The van der Waals surface area contributed by atoms with E-state index in [2.05, 4.69) is 30.2 Å². The summed E-state index contributed by atoms with van der Waals surface area (Å²) in [6, 6.07) is 7.52. The van der Waals surface area contributed by atoms with Crippen molar-refractivity contribution in [3.8, 4) is 22.4 Å². The Morgan fingerprint density at radius 1 is 0.971 bits per heavy atom. The van der Waals surface area contributed by atoms with E-state index in [1.165, 1.54) is 0 Å². The fourth-order valence-electron chi connectivity index (χ4n) is 4.01. The number of rotatable bonds is 5. The molecule has 0 aromatic carbocycles. The standard InChI is InChI=1S/C24H23N7O2S/c1-15-30-19(14-34-15)17-3-5-21(27-11-17)31-22(32)24(6-8-33-9-7-24)20-4-2-16(10-26-20)18-12-28-23(25)29-13-18/h2-5,10-14H,6-9H2,1H3,(H2,25,28,29)(H,27,31,32). The molecule has 3 N–H and O–H groups in total. The number of anilines is 2. The van der Waals surface area contributed by atoms with Crippen LogP contribution < -0.4 is 11.1 Å². The quantitative estimate of drug-likeness (QED) is 0.450. The minimum absolute atomic E-state index is 0.142. The third kappa shape index (κ3) is 4.37. The number of nitrogens with two attached hydrogens (primary N) is 1. The first-order chi connectivity index (χ1) is 16.5. The summed E-state index contributed by atoms with van der Waals surface area (Å²) in [4.78, 5) is 35.2. The summed E-state index contributed by atoms with van der Waals surface area (Å²) in [5, 5.41) is 5.98. The van der Waals surface area contributed by atoms with Crippen LogP contribution >= 0.6 is 11.3 Å². The van der Waals surface area contributed by atoms with Crippen LogP contribution in [0, 0.1) is 6.92 Å². The molecule has 172 valence electrons. The summed E-state index contributed by atoms with van der Waals surface area (Å²) in [5.41, 5.74) is 8.91. The van der Waals surface area contributed by atoms with E-state index in [0.29, 0.717) is 37.6 Å². The zero-order valence-corrected chi connectivity index (χ0v) is 19.4. The van der Waals surface area contributed by atoms with Crippen molar-refractivity contribution in [3.63, 3.8) is 0 Å². The van der Waals surface area contributed by atoms with Crippen LogP contribution in [0.5, 0.6) is 0 Å². The van der Waals surface area contributed by atoms with Gasteiger partial charge in [-0.2, -0.15) is 0 Å². The molecular formula is C24H23N7O2S. The molecule has 0 radical (unpaired) electrons. The second-order valence-electron chi connectivity index (χ2n) is 8.09. The minimum atomic E-state index is -0.805. The van der Waals surface area contributed by atoms with Gasteiger partial charge in [-0.25, -0.2) is 19.9 Å². The maximum absolute atomic E-state index is 13.5. The van der Waals surface area contributed by atoms with Gasteiger partial charge >= 0.3 is 0 Å². The minimum Gasteiger partial charge on any atom is -0.381 e. The molecule has 1 fully saturated rings. The number of hydrogen-bond acceptors (Lipinski definition) is 9. The molecule has 9 nitrogen and oxygen atoms in total. The van der Waals surface area contributed by atoms with Crippen LogP contribution in [0.25, 0.3) is 22.4 Å². The van der Waals surface area contributed by atoms with Crippen molar-refractivity contribution < 1.29 is 9.53 Å². The predicted molar refractivity (Wildman–Crippen MR) is 130 cm³/mol. The highest BCUT2D eigenvalue weighted by Crippen LogP contribution is 2.36. The zero-order chi connectivity index (χ0) is 23.5. The number of carbonyl (C=O) groups is 1. The summed E-state index contributed by atoms with van der Waals surface area (Å²) < 4.78 is 5.56. The van der Waals surface area contributed by atoms with Gasteiger partial charge in [-0.15, -0.1) is 11.3 Å². The number of ether oxygens (including phenoxy) is 1. The number of amides is 1. The molecule has 1 amide bonds. The average Bonchev–Trinajstić information content (AvgIpc) is 3.32. The number of pyridine rings is 2. The largest absolute Gasteiger partial charge is 0.381 e. The van der Waals surface area contributed by atoms with Crippen LogP contribution in [-0.2, 0) is 14.9 Å². The van der Waals surface area contributed by atoms with Crippen molar-refractivity contribution in [3.05, 3.63) is 65.1 Å². The monoisotopic (exact) mass is 473 g/mol. The summed E-state index contributed by atoms with van der Waals surface area (Å²) >= 11 is 1.59. The lowest BCUT2D eigenvalue weighted by Crippen LogP contribution is -2.45. The van der Waals surface area contributed by atoms with Crippen molar-refractivity contribution in [1.82, 2.24) is 24.9 Å². The van der Waals surface area contributed by atoms with Crippen molar-refractivity contribution in [1.29, 1.82) is 0 Å². The van der Waals surface area contributed by atoms with Gasteiger partial charge in [0.15, 0.2) is 0 Å². The molecule has 34 heavy (non-hydrogen) atoms. The Morgan fingerprint density at radius 3 is 2.29 bits per heavy atom. The van der Waals surface area contributed by atoms with E-state index in [9.17, 15) is 4.79 Å². The third-order valence-corrected chi connectivity index (χ3v) is 6.73. The van der Waals surface area contributed by atoms with E-state index in [4.69, 9.17) is 10.5 Å². The number of carbonyl (C=O) groups excluding carboxylic acids is 1. The first-order valence-corrected chi connectivity index (χ1v) is 11.7. The van der Waals surface area contributed by atoms with Crippen molar-refractivity contribution >= 4 is 29.0 Å². The highest BCUT2D eigenvalue weighted by molar-refractivity contribution is 7.09. The molecule has 5 heterocycles. The summed E-state index contributed by atoms with van der Waals surface area (Å²) in [6.07, 6.45) is 7.83. The van der Waals surface area contributed by atoms with E-state index in [0.717, 1.165) is 27.4 Å². The highest BCUT2D eigenvalue weighted by Gasteiger charge is 2.43. The third-order valence-electron chi connectivity index (χ3n) is 5.96. The Morgan fingerprint density at radius 2 is 1.68 bits per heavy atom. The zero-order valence-electron chi connectivity index (χ0n) is 18.6. The van der Waals surface area contributed by atoms with Gasteiger partial charge in [0.05, 0.1) is 21.8 Å². The Bertz CT molecular complexity index is 1280. The molecule has 0 unspecified atom stereocenters. The molecule has 1 aliphatic rings. The average molecular weight is 474 g/mol. The van der Waals surface area contributed by atoms with E-state index in [1.54, 1.807) is 42.2 Å². The van der Waals surface area contributed by atoms with Crippen molar-refractivity contribution in [2.45, 2.75) is 25.2 Å². The fraction of sp³-hybridized carbons (Fsp3) is 0.250. The number of nitrogens with one attached hydrogen (secondary N) is 1. The molecule has 10 heteroatoms. The maximum Gasteiger partial charge on any atom is 0.237 e. The molecule has 5 rings (SSSR count). The second-order valence-corrected chi connectivity index (χ2v) is 9.16. The second kappa shape index (κ2) is 9.24. The van der Waals surface area contributed by atoms with E-state index in [1.807, 2.05) is 30.5 Å². The van der Waals surface area contributed by atoms with Gasteiger partial charge in [0.25, 0.3) is 0 Å². The topological polar surface area (TPSA) is 129 Å². The van der Waals surface area contributed by atoms with Crippen LogP contribution in [0.15, 0.2) is 54.4 Å². The van der Waals surface area contributed by atoms with E-state index >= 15 is 0 Å². The lowest BCUT2D eigenvalue weighted by molar-refractivity contribution is -0.125. The van der Waals surface area contributed by atoms with Gasteiger partial charge in [-0.1, -0.05) is 6.07 Å². The van der Waals surface area contributed by atoms with Crippen LogP contribution in [0.4, 0.5) is 11.8 Å².